The SMILES string of the molecule is Cc1ccc(-c2cnc(NC(=O)CC(C)n3cccn3)n2C)cc1C. The van der Waals surface area contributed by atoms with Crippen LogP contribution in [0.2, 0.25) is 0 Å². The highest BCUT2D eigenvalue weighted by atomic mass is 16.1. The third-order valence-electron chi connectivity index (χ3n) is 4.50. The number of benzene rings is 1. The lowest BCUT2D eigenvalue weighted by molar-refractivity contribution is -0.116. The summed E-state index contributed by atoms with van der Waals surface area (Å²) in [5.74, 6) is 0.467. The lowest BCUT2D eigenvalue weighted by atomic mass is 10.0. The second-order valence-corrected chi connectivity index (χ2v) is 6.41. The van der Waals surface area contributed by atoms with E-state index in [0.717, 1.165) is 11.3 Å². The number of carbonyl (C=O) groups excluding carboxylic acids is 1. The molecule has 0 bridgehead atoms. The average molecular weight is 337 g/mol. The van der Waals surface area contributed by atoms with Crippen molar-refractivity contribution in [3.05, 3.63) is 54.0 Å². The molecule has 6 nitrogen and oxygen atoms in total. The summed E-state index contributed by atoms with van der Waals surface area (Å²) in [6.45, 7) is 6.15. The van der Waals surface area contributed by atoms with Crippen LogP contribution >= 0.6 is 0 Å². The fraction of sp³-hybridized carbons (Fsp3) is 0.316. The minimum Gasteiger partial charge on any atom is -0.313 e. The number of hydrogen-bond donors (Lipinski definition) is 1. The minimum atomic E-state index is -0.0802. The standard InChI is InChI=1S/C19H23N5O/c1-13-6-7-16(10-14(13)2)17-12-20-19(23(17)4)22-18(25)11-15(3)24-9-5-8-21-24/h5-10,12,15H,11H2,1-4H3,(H,20,22,25). The molecule has 0 saturated carbocycles. The van der Waals surface area contributed by atoms with Gasteiger partial charge in [0.1, 0.15) is 0 Å². The minimum absolute atomic E-state index is 0.00510. The molecule has 1 N–H and O–H groups in total. The van der Waals surface area contributed by atoms with Crippen molar-refractivity contribution in [3.8, 4) is 11.3 Å². The van der Waals surface area contributed by atoms with Crippen molar-refractivity contribution < 1.29 is 4.79 Å². The smallest absolute Gasteiger partial charge is 0.228 e. The van der Waals surface area contributed by atoms with Gasteiger partial charge in [-0.25, -0.2) is 4.98 Å². The number of aryl methyl sites for hydroxylation is 2. The third-order valence-corrected chi connectivity index (χ3v) is 4.50. The lowest BCUT2D eigenvalue weighted by Crippen LogP contribution is -2.19. The van der Waals surface area contributed by atoms with Crippen molar-refractivity contribution >= 4 is 11.9 Å². The van der Waals surface area contributed by atoms with E-state index in [1.165, 1.54) is 11.1 Å². The number of anilines is 1. The lowest BCUT2D eigenvalue weighted by Gasteiger charge is -2.12. The van der Waals surface area contributed by atoms with E-state index in [9.17, 15) is 4.79 Å². The first kappa shape index (κ1) is 17.0. The van der Waals surface area contributed by atoms with Gasteiger partial charge < -0.3 is 4.57 Å². The van der Waals surface area contributed by atoms with Gasteiger partial charge >= 0.3 is 0 Å². The first-order chi connectivity index (χ1) is 12.0. The van der Waals surface area contributed by atoms with Crippen molar-refractivity contribution in [3.63, 3.8) is 0 Å². The van der Waals surface area contributed by atoms with Gasteiger partial charge in [0.25, 0.3) is 0 Å². The molecule has 2 aromatic heterocycles. The van der Waals surface area contributed by atoms with Gasteiger partial charge in [-0.15, -0.1) is 0 Å². The van der Waals surface area contributed by atoms with Crippen LogP contribution in [-0.4, -0.2) is 25.2 Å². The summed E-state index contributed by atoms with van der Waals surface area (Å²) < 4.78 is 3.68. The van der Waals surface area contributed by atoms with E-state index in [0.29, 0.717) is 12.4 Å². The van der Waals surface area contributed by atoms with Gasteiger partial charge in [0.2, 0.25) is 11.9 Å². The van der Waals surface area contributed by atoms with E-state index >= 15 is 0 Å². The Hall–Kier alpha value is -2.89. The fourth-order valence-electron chi connectivity index (χ4n) is 2.77. The second kappa shape index (κ2) is 6.93. The number of amides is 1. The molecule has 3 aromatic rings. The average Bonchev–Trinajstić information content (AvgIpc) is 3.21. The van der Waals surface area contributed by atoms with Gasteiger partial charge in [0.05, 0.1) is 17.9 Å². The maximum absolute atomic E-state index is 12.3. The second-order valence-electron chi connectivity index (χ2n) is 6.41. The molecule has 130 valence electrons. The van der Waals surface area contributed by atoms with Gasteiger partial charge in [-0.1, -0.05) is 12.1 Å². The van der Waals surface area contributed by atoms with Crippen molar-refractivity contribution in [1.82, 2.24) is 19.3 Å². The number of nitrogens with zero attached hydrogens (tertiary/aromatic N) is 4. The summed E-state index contributed by atoms with van der Waals surface area (Å²) >= 11 is 0. The molecule has 3 rings (SSSR count). The largest absolute Gasteiger partial charge is 0.313 e. The molecule has 6 heteroatoms. The molecule has 1 amide bonds. The zero-order chi connectivity index (χ0) is 18.0. The summed E-state index contributed by atoms with van der Waals surface area (Å²) in [5.41, 5.74) is 4.55. The summed E-state index contributed by atoms with van der Waals surface area (Å²) in [5, 5.41) is 7.06. The first-order valence-corrected chi connectivity index (χ1v) is 8.34. The third kappa shape index (κ3) is 3.63. The number of imidazole rings is 1. The van der Waals surface area contributed by atoms with Gasteiger partial charge in [0.15, 0.2) is 0 Å². The summed E-state index contributed by atoms with van der Waals surface area (Å²) in [4.78, 5) is 16.7. The molecule has 1 atom stereocenters. The van der Waals surface area contributed by atoms with Crippen LogP contribution in [0.5, 0.6) is 0 Å². The highest BCUT2D eigenvalue weighted by Crippen LogP contribution is 2.24. The van der Waals surface area contributed by atoms with Crippen LogP contribution in [0.15, 0.2) is 42.9 Å². The summed E-state index contributed by atoms with van der Waals surface area (Å²) in [6, 6.07) is 8.15. The van der Waals surface area contributed by atoms with Crippen LogP contribution in [0.4, 0.5) is 5.95 Å². The molecule has 1 unspecified atom stereocenters. The number of hydrogen-bond acceptors (Lipinski definition) is 3. The Kier molecular flexibility index (Phi) is 4.70. The van der Waals surface area contributed by atoms with E-state index in [1.54, 1.807) is 17.1 Å². The molecule has 0 spiro atoms. The maximum Gasteiger partial charge on any atom is 0.228 e. The Morgan fingerprint density at radius 2 is 2.08 bits per heavy atom. The van der Waals surface area contributed by atoms with E-state index in [2.05, 4.69) is 47.4 Å². The van der Waals surface area contributed by atoms with E-state index in [4.69, 9.17) is 0 Å². The zero-order valence-electron chi connectivity index (χ0n) is 15.0. The van der Waals surface area contributed by atoms with Crippen LogP contribution in [0.25, 0.3) is 11.3 Å². The fourth-order valence-corrected chi connectivity index (χ4v) is 2.77. The first-order valence-electron chi connectivity index (χ1n) is 8.34. The van der Waals surface area contributed by atoms with Crippen molar-refractivity contribution in [2.24, 2.45) is 7.05 Å². The van der Waals surface area contributed by atoms with Crippen molar-refractivity contribution in [1.29, 1.82) is 0 Å². The topological polar surface area (TPSA) is 64.7 Å². The van der Waals surface area contributed by atoms with E-state index < -0.39 is 0 Å². The van der Waals surface area contributed by atoms with Gasteiger partial charge in [-0.05, 0) is 44.0 Å². The van der Waals surface area contributed by atoms with Crippen molar-refractivity contribution in [2.45, 2.75) is 33.2 Å². The molecule has 2 heterocycles. The molecule has 0 aliphatic carbocycles. The molecule has 0 aliphatic heterocycles. The number of aromatic nitrogens is 4. The summed E-state index contributed by atoms with van der Waals surface area (Å²) in [7, 11) is 1.91. The summed E-state index contributed by atoms with van der Waals surface area (Å²) in [6.07, 6.45) is 5.70. The molecule has 25 heavy (non-hydrogen) atoms. The molecule has 1 aromatic carbocycles. The Balaban J connectivity index is 1.72. The maximum atomic E-state index is 12.3. The number of nitrogens with one attached hydrogen (secondary N) is 1. The molecular weight excluding hydrogens is 314 g/mol. The van der Waals surface area contributed by atoms with E-state index in [-0.39, 0.29) is 11.9 Å². The highest BCUT2D eigenvalue weighted by Gasteiger charge is 2.15. The Labute approximate surface area is 147 Å². The van der Waals surface area contributed by atoms with Gasteiger partial charge in [0, 0.05) is 31.4 Å². The quantitative estimate of drug-likeness (QED) is 0.775. The van der Waals surface area contributed by atoms with Crippen LogP contribution in [0.3, 0.4) is 0 Å². The van der Waals surface area contributed by atoms with Crippen molar-refractivity contribution in [2.75, 3.05) is 5.32 Å². The van der Waals surface area contributed by atoms with Gasteiger partial charge in [-0.2, -0.15) is 5.10 Å². The molecule has 0 aliphatic rings. The Bertz CT molecular complexity index is 879. The van der Waals surface area contributed by atoms with Crippen LogP contribution < -0.4 is 5.32 Å². The number of rotatable bonds is 5. The molecule has 0 radical (unpaired) electrons. The van der Waals surface area contributed by atoms with Crippen LogP contribution in [0, 0.1) is 13.8 Å². The Morgan fingerprint density at radius 3 is 2.76 bits per heavy atom. The molecule has 0 fully saturated rings. The van der Waals surface area contributed by atoms with E-state index in [1.807, 2.05) is 30.8 Å². The zero-order valence-corrected chi connectivity index (χ0v) is 15.0. The van der Waals surface area contributed by atoms with Crippen LogP contribution in [-0.2, 0) is 11.8 Å². The van der Waals surface area contributed by atoms with Crippen LogP contribution in [0.1, 0.15) is 30.5 Å². The molecule has 0 saturated heterocycles. The van der Waals surface area contributed by atoms with Gasteiger partial charge in [-0.3, -0.25) is 14.8 Å². The number of carbonyl (C=O) groups is 1. The molecular formula is C19H23N5O. The monoisotopic (exact) mass is 337 g/mol. The Morgan fingerprint density at radius 1 is 1.28 bits per heavy atom. The predicted molar refractivity (Wildman–Crippen MR) is 98.3 cm³/mol. The predicted octanol–water partition coefficient (Wildman–Crippen LogP) is 3.49. The highest BCUT2D eigenvalue weighted by molar-refractivity contribution is 5.89. The normalized spacial score (nSPS) is 12.2.